The lowest BCUT2D eigenvalue weighted by atomic mass is 10.1. The highest BCUT2D eigenvalue weighted by molar-refractivity contribution is 6.21. The van der Waals surface area contributed by atoms with E-state index in [2.05, 4.69) is 5.32 Å². The molecule has 2 aromatic carbocycles. The van der Waals surface area contributed by atoms with E-state index in [0.717, 1.165) is 11.4 Å². The number of benzene rings is 2. The zero-order valence-corrected chi connectivity index (χ0v) is 12.6. The monoisotopic (exact) mass is 317 g/mol. The van der Waals surface area contributed by atoms with Gasteiger partial charge >= 0.3 is 0 Å². The summed E-state index contributed by atoms with van der Waals surface area (Å²) in [6.07, 6.45) is 0. The van der Waals surface area contributed by atoms with Crippen LogP contribution in [0.4, 0.5) is 5.69 Å². The summed E-state index contributed by atoms with van der Waals surface area (Å²) in [6.45, 7) is 0.138. The molecule has 0 saturated carbocycles. The normalized spacial score (nSPS) is 12.7. The SMILES string of the molecule is COc1ccc(NCN2C(=O)c3ccccc3C2=O)cc1.[Cl-]. The minimum Gasteiger partial charge on any atom is -1.00 e. The van der Waals surface area contributed by atoms with E-state index in [9.17, 15) is 9.59 Å². The molecule has 0 spiro atoms. The maximum Gasteiger partial charge on any atom is 0.263 e. The Morgan fingerprint density at radius 3 is 2.00 bits per heavy atom. The number of halogens is 1. The Kier molecular flexibility index (Phi) is 4.68. The average Bonchev–Trinajstić information content (AvgIpc) is 2.78. The fourth-order valence-corrected chi connectivity index (χ4v) is 2.26. The maximum absolute atomic E-state index is 12.2. The largest absolute Gasteiger partial charge is 1.00 e. The number of fused-ring (bicyclic) bond motifs is 1. The highest BCUT2D eigenvalue weighted by Gasteiger charge is 2.34. The van der Waals surface area contributed by atoms with Gasteiger partial charge in [-0.2, -0.15) is 0 Å². The lowest BCUT2D eigenvalue weighted by Crippen LogP contribution is -3.00. The number of methoxy groups -OCH3 is 1. The molecule has 0 aromatic heterocycles. The molecule has 0 saturated heterocycles. The summed E-state index contributed by atoms with van der Waals surface area (Å²) in [5.74, 6) is 0.217. The predicted octanol–water partition coefficient (Wildman–Crippen LogP) is -0.635. The van der Waals surface area contributed by atoms with Gasteiger partial charge < -0.3 is 22.5 Å². The number of carbonyl (C=O) groups is 2. The van der Waals surface area contributed by atoms with Gasteiger partial charge in [0.25, 0.3) is 11.8 Å². The van der Waals surface area contributed by atoms with Crippen LogP contribution in [-0.4, -0.2) is 30.5 Å². The van der Waals surface area contributed by atoms with Crippen molar-refractivity contribution in [2.45, 2.75) is 0 Å². The van der Waals surface area contributed by atoms with Gasteiger partial charge in [-0.15, -0.1) is 0 Å². The number of ether oxygens (including phenoxy) is 1. The molecule has 22 heavy (non-hydrogen) atoms. The first-order chi connectivity index (χ1) is 10.2. The van der Waals surface area contributed by atoms with E-state index in [1.165, 1.54) is 4.90 Å². The Balaban J connectivity index is 0.00000176. The molecule has 1 aliphatic rings. The summed E-state index contributed by atoms with van der Waals surface area (Å²) in [4.78, 5) is 25.6. The molecule has 0 unspecified atom stereocenters. The van der Waals surface area contributed by atoms with Crippen LogP contribution in [0.5, 0.6) is 5.75 Å². The minimum absolute atomic E-state index is 0. The van der Waals surface area contributed by atoms with Crippen molar-refractivity contribution in [1.82, 2.24) is 4.90 Å². The van der Waals surface area contributed by atoms with Gasteiger partial charge in [-0.1, -0.05) is 12.1 Å². The van der Waals surface area contributed by atoms with Crippen LogP contribution in [0.15, 0.2) is 48.5 Å². The van der Waals surface area contributed by atoms with E-state index in [1.54, 1.807) is 31.4 Å². The van der Waals surface area contributed by atoms with Crippen molar-refractivity contribution >= 4 is 17.5 Å². The van der Waals surface area contributed by atoms with Gasteiger partial charge in [0.05, 0.1) is 24.9 Å². The zero-order chi connectivity index (χ0) is 14.8. The Hall–Kier alpha value is -2.53. The molecular weight excluding hydrogens is 304 g/mol. The topological polar surface area (TPSA) is 58.6 Å². The minimum atomic E-state index is -0.267. The van der Waals surface area contributed by atoms with Crippen molar-refractivity contribution in [3.05, 3.63) is 59.7 Å². The van der Waals surface area contributed by atoms with Crippen molar-refractivity contribution in [1.29, 1.82) is 0 Å². The molecule has 0 aliphatic carbocycles. The van der Waals surface area contributed by atoms with Crippen LogP contribution in [0.2, 0.25) is 0 Å². The predicted molar refractivity (Wildman–Crippen MR) is 78.4 cm³/mol. The first-order valence-electron chi connectivity index (χ1n) is 6.54. The van der Waals surface area contributed by atoms with Gasteiger partial charge in [-0.3, -0.25) is 14.5 Å². The summed E-state index contributed by atoms with van der Waals surface area (Å²) in [7, 11) is 1.60. The Morgan fingerprint density at radius 1 is 0.955 bits per heavy atom. The maximum atomic E-state index is 12.2. The van der Waals surface area contributed by atoms with Gasteiger partial charge in [0.2, 0.25) is 0 Å². The molecule has 0 atom stereocenters. The van der Waals surface area contributed by atoms with Crippen molar-refractivity contribution in [3.63, 3.8) is 0 Å². The highest BCUT2D eigenvalue weighted by atomic mass is 35.5. The molecule has 6 heteroatoms. The second kappa shape index (κ2) is 6.49. The number of carbonyl (C=O) groups excluding carboxylic acids is 2. The van der Waals surface area contributed by atoms with Gasteiger partial charge in [0, 0.05) is 5.69 Å². The molecule has 0 bridgehead atoms. The number of nitrogens with one attached hydrogen (secondary N) is 1. The molecule has 3 rings (SSSR count). The molecular formula is C16H14ClN2O3-. The molecule has 1 aliphatic heterocycles. The average molecular weight is 318 g/mol. The van der Waals surface area contributed by atoms with Crippen molar-refractivity contribution in [3.8, 4) is 5.75 Å². The van der Waals surface area contributed by atoms with Crippen LogP contribution in [-0.2, 0) is 0 Å². The Labute approximate surface area is 134 Å². The lowest BCUT2D eigenvalue weighted by molar-refractivity contribution is -0.0000275. The summed E-state index contributed by atoms with van der Waals surface area (Å²) in [5.41, 5.74) is 1.73. The number of amides is 2. The molecule has 0 fully saturated rings. The number of nitrogens with zero attached hydrogens (tertiary/aromatic N) is 1. The van der Waals surface area contributed by atoms with E-state index in [-0.39, 0.29) is 30.9 Å². The van der Waals surface area contributed by atoms with Crippen LogP contribution in [0.1, 0.15) is 20.7 Å². The van der Waals surface area contributed by atoms with Crippen LogP contribution in [0, 0.1) is 0 Å². The Bertz CT molecular complexity index is 666. The first kappa shape index (κ1) is 15.9. The van der Waals surface area contributed by atoms with E-state index in [1.807, 2.05) is 24.3 Å². The quantitative estimate of drug-likeness (QED) is 0.763. The van der Waals surface area contributed by atoms with Crippen molar-refractivity contribution in [2.75, 3.05) is 19.1 Å². The third-order valence-electron chi connectivity index (χ3n) is 3.41. The van der Waals surface area contributed by atoms with Gasteiger partial charge in [-0.05, 0) is 36.4 Å². The fourth-order valence-electron chi connectivity index (χ4n) is 2.26. The lowest BCUT2D eigenvalue weighted by Gasteiger charge is -2.15. The number of rotatable bonds is 4. The molecule has 5 nitrogen and oxygen atoms in total. The summed E-state index contributed by atoms with van der Waals surface area (Å²) >= 11 is 0. The highest BCUT2D eigenvalue weighted by Crippen LogP contribution is 2.22. The van der Waals surface area contributed by atoms with E-state index >= 15 is 0 Å². The summed E-state index contributed by atoms with van der Waals surface area (Å²) < 4.78 is 5.08. The van der Waals surface area contributed by atoms with E-state index in [4.69, 9.17) is 4.74 Å². The smallest absolute Gasteiger partial charge is 0.263 e. The third-order valence-corrected chi connectivity index (χ3v) is 3.41. The second-order valence-electron chi connectivity index (χ2n) is 4.65. The number of hydrogen-bond acceptors (Lipinski definition) is 4. The summed E-state index contributed by atoms with van der Waals surface area (Å²) in [5, 5.41) is 3.06. The van der Waals surface area contributed by atoms with Crippen LogP contribution < -0.4 is 22.5 Å². The first-order valence-corrected chi connectivity index (χ1v) is 6.54. The number of hydrogen-bond donors (Lipinski definition) is 1. The molecule has 1 heterocycles. The fraction of sp³-hybridized carbons (Fsp3) is 0.125. The van der Waals surface area contributed by atoms with Gasteiger partial charge in [0.15, 0.2) is 0 Å². The van der Waals surface area contributed by atoms with Gasteiger partial charge in [0.1, 0.15) is 5.75 Å². The van der Waals surface area contributed by atoms with E-state index < -0.39 is 0 Å². The zero-order valence-electron chi connectivity index (χ0n) is 11.9. The second-order valence-corrected chi connectivity index (χ2v) is 4.65. The van der Waals surface area contributed by atoms with Crippen LogP contribution >= 0.6 is 0 Å². The number of anilines is 1. The number of imide groups is 1. The van der Waals surface area contributed by atoms with Crippen molar-refractivity contribution < 1.29 is 26.7 Å². The van der Waals surface area contributed by atoms with E-state index in [0.29, 0.717) is 11.1 Å². The van der Waals surface area contributed by atoms with Gasteiger partial charge in [-0.25, -0.2) is 0 Å². The summed E-state index contributed by atoms with van der Waals surface area (Å²) in [6, 6.07) is 14.1. The Morgan fingerprint density at radius 2 is 1.50 bits per heavy atom. The molecule has 0 radical (unpaired) electrons. The molecule has 2 aromatic rings. The van der Waals surface area contributed by atoms with Crippen LogP contribution in [0.3, 0.4) is 0 Å². The van der Waals surface area contributed by atoms with Crippen LogP contribution in [0.25, 0.3) is 0 Å². The molecule has 114 valence electrons. The molecule has 1 N–H and O–H groups in total. The standard InChI is InChI=1S/C16H14N2O3.ClH/c1-21-12-8-6-11(7-9-12)17-10-18-15(19)13-4-2-3-5-14(13)16(18)20;/h2-9,17H,10H2,1H3;1H/p-1. The van der Waals surface area contributed by atoms with Crippen molar-refractivity contribution in [2.24, 2.45) is 0 Å². The molecule has 2 amide bonds. The third kappa shape index (κ3) is 2.76.